The minimum Gasteiger partial charge on any atom is -0.508 e. The number of carbonyl (C=O) groups is 1. The van der Waals surface area contributed by atoms with Crippen molar-refractivity contribution >= 4 is 15.9 Å². The van der Waals surface area contributed by atoms with Crippen LogP contribution in [0.15, 0.2) is 47.4 Å². The highest BCUT2D eigenvalue weighted by molar-refractivity contribution is 7.89. The molecule has 3 N–H and O–H groups in total. The van der Waals surface area contributed by atoms with Gasteiger partial charge >= 0.3 is 0 Å². The molecule has 1 amide bonds. The van der Waals surface area contributed by atoms with Crippen molar-refractivity contribution in [2.24, 2.45) is 0 Å². The van der Waals surface area contributed by atoms with E-state index in [1.54, 1.807) is 6.07 Å². The number of benzene rings is 2. The maximum Gasteiger partial charge on any atom is 0.266 e. The maximum atomic E-state index is 12.3. The molecule has 23 heavy (non-hydrogen) atoms. The highest BCUT2D eigenvalue weighted by Crippen LogP contribution is 2.24. The quantitative estimate of drug-likeness (QED) is 0.740. The number of phenolic OH excluding ortho intramolecular Hbond substituents is 1. The molecule has 3 rings (SSSR count). The summed E-state index contributed by atoms with van der Waals surface area (Å²) < 4.78 is 24.5. The fourth-order valence-electron chi connectivity index (χ4n) is 2.61. The summed E-state index contributed by atoms with van der Waals surface area (Å²) in [6.07, 6.45) is 2.87. The van der Waals surface area contributed by atoms with E-state index in [0.717, 1.165) is 24.8 Å². The van der Waals surface area contributed by atoms with Gasteiger partial charge in [-0.15, -0.1) is 4.83 Å². The summed E-state index contributed by atoms with van der Waals surface area (Å²) in [6.45, 7) is 0. The Morgan fingerprint density at radius 1 is 1.04 bits per heavy atom. The molecule has 0 unspecified atom stereocenters. The zero-order valence-electron chi connectivity index (χ0n) is 12.2. The molecule has 2 aromatic carbocycles. The molecule has 0 radical (unpaired) electrons. The van der Waals surface area contributed by atoms with Crippen molar-refractivity contribution in [2.75, 3.05) is 0 Å². The number of fused-ring (bicyclic) bond motifs is 1. The van der Waals surface area contributed by atoms with Crippen LogP contribution in [0.25, 0.3) is 0 Å². The van der Waals surface area contributed by atoms with E-state index in [1.807, 2.05) is 6.07 Å². The third-order valence-electron chi connectivity index (χ3n) is 3.79. The molecule has 0 saturated carbocycles. The molecule has 0 aliphatic heterocycles. The Bertz CT molecular complexity index is 862. The standard InChI is InChI=1S/C16H16N2O4S/c19-14-6-2-5-13(9-14)16(20)17-18-23(21,22)15-8-7-11-3-1-4-12(11)10-15/h2,5-10,18-19H,1,3-4H2,(H,17,20). The largest absolute Gasteiger partial charge is 0.508 e. The second kappa shape index (κ2) is 6.02. The third kappa shape index (κ3) is 3.35. The summed E-state index contributed by atoms with van der Waals surface area (Å²) in [5, 5.41) is 9.34. The lowest BCUT2D eigenvalue weighted by molar-refractivity contribution is 0.0944. The van der Waals surface area contributed by atoms with E-state index < -0.39 is 15.9 Å². The number of hydrogen-bond donors (Lipinski definition) is 3. The van der Waals surface area contributed by atoms with Gasteiger partial charge < -0.3 is 5.11 Å². The van der Waals surface area contributed by atoms with Gasteiger partial charge in [0.15, 0.2) is 0 Å². The van der Waals surface area contributed by atoms with Gasteiger partial charge in [0.1, 0.15) is 5.75 Å². The Kier molecular flexibility index (Phi) is 4.06. The molecule has 6 nitrogen and oxygen atoms in total. The Hall–Kier alpha value is -2.38. The van der Waals surface area contributed by atoms with Crippen LogP contribution in [-0.4, -0.2) is 19.4 Å². The first-order valence-corrected chi connectivity index (χ1v) is 8.67. The number of hydrazine groups is 1. The molecule has 0 fully saturated rings. The molecule has 0 aromatic heterocycles. The Morgan fingerprint density at radius 2 is 1.83 bits per heavy atom. The summed E-state index contributed by atoms with van der Waals surface area (Å²) >= 11 is 0. The minimum absolute atomic E-state index is 0.0703. The number of hydrogen-bond acceptors (Lipinski definition) is 4. The second-order valence-electron chi connectivity index (χ2n) is 5.39. The maximum absolute atomic E-state index is 12.3. The normalized spacial score (nSPS) is 13.6. The van der Waals surface area contributed by atoms with Gasteiger partial charge in [-0.3, -0.25) is 10.2 Å². The smallest absolute Gasteiger partial charge is 0.266 e. The van der Waals surface area contributed by atoms with Crippen molar-refractivity contribution < 1.29 is 18.3 Å². The topological polar surface area (TPSA) is 95.5 Å². The number of aryl methyl sites for hydroxylation is 2. The van der Waals surface area contributed by atoms with Crippen LogP contribution < -0.4 is 10.3 Å². The van der Waals surface area contributed by atoms with Gasteiger partial charge in [-0.05, 0) is 60.7 Å². The lowest BCUT2D eigenvalue weighted by Crippen LogP contribution is -2.41. The molecular weight excluding hydrogens is 316 g/mol. The monoisotopic (exact) mass is 332 g/mol. The minimum atomic E-state index is -3.84. The van der Waals surface area contributed by atoms with Gasteiger partial charge in [0.25, 0.3) is 15.9 Å². The van der Waals surface area contributed by atoms with Crippen LogP contribution in [0.4, 0.5) is 0 Å². The summed E-state index contributed by atoms with van der Waals surface area (Å²) in [5.41, 5.74) is 4.51. The van der Waals surface area contributed by atoms with Crippen molar-refractivity contribution in [3.63, 3.8) is 0 Å². The summed E-state index contributed by atoms with van der Waals surface area (Å²) in [6, 6.07) is 10.6. The number of aromatic hydroxyl groups is 1. The molecule has 2 aromatic rings. The fourth-order valence-corrected chi connectivity index (χ4v) is 3.50. The van der Waals surface area contributed by atoms with E-state index in [9.17, 15) is 18.3 Å². The third-order valence-corrected chi connectivity index (χ3v) is 5.03. The van der Waals surface area contributed by atoms with E-state index in [0.29, 0.717) is 0 Å². The highest BCUT2D eigenvalue weighted by Gasteiger charge is 2.19. The number of carbonyl (C=O) groups excluding carboxylic acids is 1. The number of amides is 1. The molecule has 0 spiro atoms. The molecular formula is C16H16N2O4S. The van der Waals surface area contributed by atoms with Crippen LogP contribution >= 0.6 is 0 Å². The van der Waals surface area contributed by atoms with Crippen LogP contribution in [0.1, 0.15) is 27.9 Å². The highest BCUT2D eigenvalue weighted by atomic mass is 32.2. The fraction of sp³-hybridized carbons (Fsp3) is 0.188. The summed E-state index contributed by atoms with van der Waals surface area (Å²) in [4.78, 5) is 14.1. The van der Waals surface area contributed by atoms with E-state index in [4.69, 9.17) is 0 Å². The molecule has 1 aliphatic rings. The first-order valence-electron chi connectivity index (χ1n) is 7.19. The lowest BCUT2D eigenvalue weighted by atomic mass is 10.1. The van der Waals surface area contributed by atoms with E-state index >= 15 is 0 Å². The molecule has 0 bridgehead atoms. The average Bonchev–Trinajstić information content (AvgIpc) is 3.00. The number of phenols is 1. The average molecular weight is 332 g/mol. The first kappa shape index (κ1) is 15.5. The van der Waals surface area contributed by atoms with Crippen LogP contribution in [0.5, 0.6) is 5.75 Å². The predicted octanol–water partition coefficient (Wildman–Crippen LogP) is 1.50. The zero-order valence-corrected chi connectivity index (χ0v) is 13.1. The van der Waals surface area contributed by atoms with Crippen LogP contribution in [0, 0.1) is 0 Å². The molecule has 0 heterocycles. The predicted molar refractivity (Wildman–Crippen MR) is 84.4 cm³/mol. The van der Waals surface area contributed by atoms with Crippen molar-refractivity contribution in [1.29, 1.82) is 0 Å². The first-order chi connectivity index (χ1) is 11.0. The van der Waals surface area contributed by atoms with E-state index in [1.165, 1.54) is 35.9 Å². The Labute approximate surface area is 134 Å². The lowest BCUT2D eigenvalue weighted by Gasteiger charge is -2.10. The molecule has 1 aliphatic carbocycles. The van der Waals surface area contributed by atoms with Gasteiger partial charge in [-0.25, -0.2) is 8.42 Å². The van der Waals surface area contributed by atoms with Gasteiger partial charge in [0, 0.05) is 5.56 Å². The molecule has 0 atom stereocenters. The van der Waals surface area contributed by atoms with Crippen LogP contribution in [0.3, 0.4) is 0 Å². The van der Waals surface area contributed by atoms with Gasteiger partial charge in [-0.2, -0.15) is 0 Å². The van der Waals surface area contributed by atoms with Crippen molar-refractivity contribution in [3.8, 4) is 5.75 Å². The zero-order chi connectivity index (χ0) is 16.4. The van der Waals surface area contributed by atoms with Gasteiger partial charge in [0.2, 0.25) is 0 Å². The van der Waals surface area contributed by atoms with E-state index in [2.05, 4.69) is 10.3 Å². The summed E-state index contributed by atoms with van der Waals surface area (Å²) in [7, 11) is -3.84. The van der Waals surface area contributed by atoms with Crippen molar-refractivity contribution in [3.05, 3.63) is 59.2 Å². The van der Waals surface area contributed by atoms with Crippen LogP contribution in [-0.2, 0) is 22.9 Å². The molecule has 120 valence electrons. The van der Waals surface area contributed by atoms with E-state index in [-0.39, 0.29) is 16.2 Å². The van der Waals surface area contributed by atoms with Gasteiger partial charge in [-0.1, -0.05) is 12.1 Å². The van der Waals surface area contributed by atoms with Crippen LogP contribution in [0.2, 0.25) is 0 Å². The SMILES string of the molecule is O=C(NNS(=O)(=O)c1ccc2c(c1)CCC2)c1cccc(O)c1. The molecule has 7 heteroatoms. The molecule has 0 saturated heterocycles. The number of rotatable bonds is 4. The summed E-state index contributed by atoms with van der Waals surface area (Å²) in [5.74, 6) is -0.718. The van der Waals surface area contributed by atoms with Crippen molar-refractivity contribution in [1.82, 2.24) is 10.3 Å². The Balaban J connectivity index is 1.73. The van der Waals surface area contributed by atoms with Crippen molar-refractivity contribution in [2.45, 2.75) is 24.2 Å². The number of nitrogens with one attached hydrogen (secondary N) is 2. The van der Waals surface area contributed by atoms with Gasteiger partial charge in [0.05, 0.1) is 4.90 Å². The Morgan fingerprint density at radius 3 is 2.61 bits per heavy atom. The second-order valence-corrected chi connectivity index (χ2v) is 7.08. The number of sulfonamides is 1.